The summed E-state index contributed by atoms with van der Waals surface area (Å²) < 4.78 is 22.6. The summed E-state index contributed by atoms with van der Waals surface area (Å²) in [7, 11) is -2.01. The predicted octanol–water partition coefficient (Wildman–Crippen LogP) is 1.35. The average molecular weight is 282 g/mol. The largest absolute Gasteiger partial charge is 0.339 e. The summed E-state index contributed by atoms with van der Waals surface area (Å²) >= 11 is 0. The van der Waals surface area contributed by atoms with E-state index in [4.69, 9.17) is 5.14 Å². The smallest absolute Gasteiger partial charge is 0.253 e. The van der Waals surface area contributed by atoms with E-state index >= 15 is 0 Å². The van der Waals surface area contributed by atoms with Crippen molar-refractivity contribution >= 4 is 15.9 Å². The Morgan fingerprint density at radius 2 is 1.95 bits per heavy atom. The summed E-state index contributed by atoms with van der Waals surface area (Å²) in [5.74, 6) is -0.155. The van der Waals surface area contributed by atoms with Crippen LogP contribution in [0.4, 0.5) is 0 Å². The molecule has 1 aliphatic rings. The summed E-state index contributed by atoms with van der Waals surface area (Å²) in [6, 6.07) is 6.13. The number of nitrogens with two attached hydrogens (primary N) is 1. The van der Waals surface area contributed by atoms with Crippen molar-refractivity contribution in [2.24, 2.45) is 5.14 Å². The maximum absolute atomic E-state index is 12.3. The van der Waals surface area contributed by atoms with Gasteiger partial charge in [0.2, 0.25) is 10.0 Å². The van der Waals surface area contributed by atoms with Gasteiger partial charge in [0.05, 0.1) is 4.90 Å². The van der Waals surface area contributed by atoms with Crippen LogP contribution in [0, 0.1) is 0 Å². The molecule has 0 aliphatic heterocycles. The van der Waals surface area contributed by atoms with E-state index in [-0.39, 0.29) is 16.8 Å². The Morgan fingerprint density at radius 1 is 1.32 bits per heavy atom. The van der Waals surface area contributed by atoms with E-state index in [0.29, 0.717) is 5.56 Å². The third-order valence-electron chi connectivity index (χ3n) is 3.60. The number of sulfonamides is 1. The molecule has 1 amide bonds. The van der Waals surface area contributed by atoms with Crippen molar-refractivity contribution in [2.75, 3.05) is 7.05 Å². The van der Waals surface area contributed by atoms with Gasteiger partial charge in [-0.25, -0.2) is 13.6 Å². The van der Waals surface area contributed by atoms with Gasteiger partial charge in [0.1, 0.15) is 0 Å². The lowest BCUT2D eigenvalue weighted by atomic mass is 10.1. The molecule has 1 aromatic rings. The Morgan fingerprint density at radius 3 is 2.53 bits per heavy atom. The first kappa shape index (κ1) is 14.0. The van der Waals surface area contributed by atoms with Crippen LogP contribution in [0.3, 0.4) is 0 Å². The number of hydrogen-bond donors (Lipinski definition) is 1. The van der Waals surface area contributed by atoms with Crippen molar-refractivity contribution in [3.8, 4) is 0 Å². The summed E-state index contributed by atoms with van der Waals surface area (Å²) in [6.07, 6.45) is 4.30. The minimum Gasteiger partial charge on any atom is -0.339 e. The van der Waals surface area contributed by atoms with Gasteiger partial charge in [-0.05, 0) is 31.0 Å². The van der Waals surface area contributed by atoms with Crippen LogP contribution in [0.1, 0.15) is 36.0 Å². The lowest BCUT2D eigenvalue weighted by Crippen LogP contribution is -2.35. The van der Waals surface area contributed by atoms with Gasteiger partial charge in [0.25, 0.3) is 5.91 Å². The lowest BCUT2D eigenvalue weighted by molar-refractivity contribution is 0.0735. The van der Waals surface area contributed by atoms with Crippen LogP contribution >= 0.6 is 0 Å². The van der Waals surface area contributed by atoms with Gasteiger partial charge in [-0.3, -0.25) is 4.79 Å². The molecule has 0 bridgehead atoms. The standard InChI is InChI=1S/C13H18N2O3S/c1-15(11-6-2-3-7-11)13(16)10-5-4-8-12(9-10)19(14,17)18/h4-5,8-9,11H,2-3,6-7H2,1H3,(H2,14,17,18). The Balaban J connectivity index is 2.24. The van der Waals surface area contributed by atoms with Gasteiger partial charge in [-0.2, -0.15) is 0 Å². The van der Waals surface area contributed by atoms with E-state index in [1.54, 1.807) is 18.0 Å². The van der Waals surface area contributed by atoms with E-state index in [1.165, 1.54) is 18.2 Å². The van der Waals surface area contributed by atoms with Crippen LogP contribution in [0.15, 0.2) is 29.2 Å². The third-order valence-corrected chi connectivity index (χ3v) is 4.51. The quantitative estimate of drug-likeness (QED) is 0.908. The first-order chi connectivity index (χ1) is 8.89. The van der Waals surface area contributed by atoms with Crippen molar-refractivity contribution in [2.45, 2.75) is 36.6 Å². The molecule has 104 valence electrons. The molecule has 0 saturated heterocycles. The number of hydrogen-bond acceptors (Lipinski definition) is 3. The molecule has 0 heterocycles. The number of benzene rings is 1. The van der Waals surface area contributed by atoms with Crippen LogP contribution in [0.5, 0.6) is 0 Å². The van der Waals surface area contributed by atoms with Crippen molar-refractivity contribution in [3.63, 3.8) is 0 Å². The minimum absolute atomic E-state index is 0.0295. The molecule has 2 N–H and O–H groups in total. The fourth-order valence-electron chi connectivity index (χ4n) is 2.47. The molecule has 19 heavy (non-hydrogen) atoms. The van der Waals surface area contributed by atoms with E-state index in [2.05, 4.69) is 0 Å². The van der Waals surface area contributed by atoms with Crippen LogP contribution in [-0.4, -0.2) is 32.3 Å². The van der Waals surface area contributed by atoms with Gasteiger partial charge in [-0.1, -0.05) is 18.9 Å². The Labute approximate surface area is 113 Å². The van der Waals surface area contributed by atoms with Crippen LogP contribution in [0.2, 0.25) is 0 Å². The topological polar surface area (TPSA) is 80.5 Å². The number of rotatable bonds is 3. The number of amides is 1. The fraction of sp³-hybridized carbons (Fsp3) is 0.462. The normalized spacial score (nSPS) is 16.5. The molecule has 0 unspecified atom stereocenters. The molecule has 6 heteroatoms. The molecule has 0 spiro atoms. The van der Waals surface area contributed by atoms with Gasteiger partial charge < -0.3 is 4.90 Å². The highest BCUT2D eigenvalue weighted by atomic mass is 32.2. The van der Waals surface area contributed by atoms with Gasteiger partial charge in [0, 0.05) is 18.7 Å². The molecule has 2 rings (SSSR count). The zero-order valence-electron chi connectivity index (χ0n) is 10.9. The summed E-state index contributed by atoms with van der Waals surface area (Å²) in [6.45, 7) is 0. The van der Waals surface area contributed by atoms with Crippen molar-refractivity contribution in [1.82, 2.24) is 4.90 Å². The van der Waals surface area contributed by atoms with Crippen molar-refractivity contribution < 1.29 is 13.2 Å². The number of primary sulfonamides is 1. The maximum atomic E-state index is 12.3. The van der Waals surface area contributed by atoms with Crippen LogP contribution < -0.4 is 5.14 Å². The average Bonchev–Trinajstić information content (AvgIpc) is 2.90. The molecule has 0 aromatic heterocycles. The Bertz CT molecular complexity index is 577. The molecule has 0 radical (unpaired) electrons. The summed E-state index contributed by atoms with van der Waals surface area (Å²) in [5.41, 5.74) is 0.362. The first-order valence-corrected chi connectivity index (χ1v) is 7.84. The van der Waals surface area contributed by atoms with Gasteiger partial charge >= 0.3 is 0 Å². The molecule has 5 nitrogen and oxygen atoms in total. The number of nitrogens with zero attached hydrogens (tertiary/aromatic N) is 1. The predicted molar refractivity (Wildman–Crippen MR) is 72.2 cm³/mol. The molecule has 1 fully saturated rings. The Kier molecular flexibility index (Phi) is 3.91. The summed E-state index contributed by atoms with van der Waals surface area (Å²) in [5, 5.41) is 5.07. The second-order valence-corrected chi connectivity index (χ2v) is 6.49. The Hall–Kier alpha value is -1.40. The number of carbonyl (C=O) groups excluding carboxylic acids is 1. The number of carbonyl (C=O) groups is 1. The monoisotopic (exact) mass is 282 g/mol. The zero-order valence-corrected chi connectivity index (χ0v) is 11.7. The first-order valence-electron chi connectivity index (χ1n) is 6.29. The van der Waals surface area contributed by atoms with Gasteiger partial charge in [0.15, 0.2) is 0 Å². The molecule has 1 aliphatic carbocycles. The molecular formula is C13H18N2O3S. The van der Waals surface area contributed by atoms with E-state index in [1.807, 2.05) is 0 Å². The highest BCUT2D eigenvalue weighted by Gasteiger charge is 2.24. The maximum Gasteiger partial charge on any atom is 0.253 e. The SMILES string of the molecule is CN(C(=O)c1cccc(S(N)(=O)=O)c1)C1CCCC1. The van der Waals surface area contributed by atoms with E-state index in [9.17, 15) is 13.2 Å². The third kappa shape index (κ3) is 3.13. The molecule has 0 atom stereocenters. The summed E-state index contributed by atoms with van der Waals surface area (Å²) in [4.78, 5) is 14.0. The molecular weight excluding hydrogens is 264 g/mol. The van der Waals surface area contributed by atoms with Crippen molar-refractivity contribution in [3.05, 3.63) is 29.8 Å². The van der Waals surface area contributed by atoms with E-state index in [0.717, 1.165) is 25.7 Å². The lowest BCUT2D eigenvalue weighted by Gasteiger charge is -2.24. The van der Waals surface area contributed by atoms with Crippen LogP contribution in [-0.2, 0) is 10.0 Å². The zero-order chi connectivity index (χ0) is 14.0. The van der Waals surface area contributed by atoms with Gasteiger partial charge in [-0.15, -0.1) is 0 Å². The molecule has 1 saturated carbocycles. The second kappa shape index (κ2) is 5.30. The second-order valence-electron chi connectivity index (χ2n) is 4.93. The fourth-order valence-corrected chi connectivity index (χ4v) is 3.03. The molecule has 1 aromatic carbocycles. The minimum atomic E-state index is -3.77. The van der Waals surface area contributed by atoms with Crippen molar-refractivity contribution in [1.29, 1.82) is 0 Å². The highest BCUT2D eigenvalue weighted by molar-refractivity contribution is 7.89. The van der Waals surface area contributed by atoms with Crippen LogP contribution in [0.25, 0.3) is 0 Å². The highest BCUT2D eigenvalue weighted by Crippen LogP contribution is 2.24. The van der Waals surface area contributed by atoms with E-state index < -0.39 is 10.0 Å².